The molecule has 118 valence electrons. The second-order valence-corrected chi connectivity index (χ2v) is 6.15. The van der Waals surface area contributed by atoms with E-state index in [1.54, 1.807) is 6.92 Å². The molecule has 0 bridgehead atoms. The van der Waals surface area contributed by atoms with E-state index in [9.17, 15) is 9.59 Å². The minimum absolute atomic E-state index is 0.0631. The van der Waals surface area contributed by atoms with Gasteiger partial charge in [0.15, 0.2) is 0 Å². The van der Waals surface area contributed by atoms with Crippen LogP contribution in [0.4, 0.5) is 0 Å². The van der Waals surface area contributed by atoms with Crippen molar-refractivity contribution >= 4 is 11.9 Å². The topological polar surface area (TPSA) is 55.4 Å². The summed E-state index contributed by atoms with van der Waals surface area (Å²) in [6.07, 6.45) is 2.20. The lowest BCUT2D eigenvalue weighted by Crippen LogP contribution is -2.45. The highest BCUT2D eigenvalue weighted by Gasteiger charge is 2.38. The quantitative estimate of drug-likeness (QED) is 0.523. The van der Waals surface area contributed by atoms with Crippen LogP contribution in [0.5, 0.6) is 0 Å². The molecular weight excluding hydrogens is 254 g/mol. The van der Waals surface area contributed by atoms with Crippen LogP contribution in [-0.4, -0.2) is 25.0 Å². The molecular formula is C16H31NO3. The number of carbonyl (C=O) groups excluding carboxylic acids is 2. The van der Waals surface area contributed by atoms with Crippen LogP contribution in [0.15, 0.2) is 0 Å². The third-order valence-corrected chi connectivity index (χ3v) is 3.99. The van der Waals surface area contributed by atoms with Crippen molar-refractivity contribution in [3.05, 3.63) is 0 Å². The normalized spacial score (nSPS) is 15.6. The summed E-state index contributed by atoms with van der Waals surface area (Å²) in [5, 5.41) is 2.91. The summed E-state index contributed by atoms with van der Waals surface area (Å²) in [5.74, 6) is 0.625. The molecule has 0 aliphatic heterocycles. The van der Waals surface area contributed by atoms with Crippen molar-refractivity contribution < 1.29 is 14.3 Å². The number of amides is 1. The summed E-state index contributed by atoms with van der Waals surface area (Å²) >= 11 is 0. The zero-order valence-electron chi connectivity index (χ0n) is 13.9. The second kappa shape index (κ2) is 8.98. The molecule has 0 saturated carbocycles. The Hall–Kier alpha value is -1.06. The highest BCUT2D eigenvalue weighted by molar-refractivity contribution is 5.82. The molecule has 0 saturated heterocycles. The molecule has 0 spiro atoms. The van der Waals surface area contributed by atoms with Gasteiger partial charge in [0.2, 0.25) is 5.91 Å². The molecule has 0 aromatic heterocycles. The van der Waals surface area contributed by atoms with E-state index < -0.39 is 0 Å². The van der Waals surface area contributed by atoms with Gasteiger partial charge in [0.05, 0.1) is 6.54 Å². The molecule has 2 atom stereocenters. The molecule has 2 unspecified atom stereocenters. The second-order valence-electron chi connectivity index (χ2n) is 6.15. The van der Waals surface area contributed by atoms with Gasteiger partial charge in [0.1, 0.15) is 6.61 Å². The monoisotopic (exact) mass is 285 g/mol. The smallest absolute Gasteiger partial charge is 0.305 e. The summed E-state index contributed by atoms with van der Waals surface area (Å²) in [4.78, 5) is 23.5. The van der Waals surface area contributed by atoms with Crippen molar-refractivity contribution in [1.29, 1.82) is 0 Å². The molecule has 4 heteroatoms. The lowest BCUT2D eigenvalue weighted by Gasteiger charge is -2.35. The summed E-state index contributed by atoms with van der Waals surface area (Å²) in [7, 11) is 0. The fourth-order valence-electron chi connectivity index (χ4n) is 2.45. The van der Waals surface area contributed by atoms with Crippen LogP contribution in [0.3, 0.4) is 0 Å². The Kier molecular flexibility index (Phi) is 8.51. The van der Waals surface area contributed by atoms with Gasteiger partial charge < -0.3 is 10.1 Å². The Labute approximate surface area is 123 Å². The number of ether oxygens (including phenoxy) is 1. The molecule has 0 radical (unpaired) electrons. The standard InChI is InChI=1S/C16H31NO3/c1-7-13(5)16(6,11-12(3)4)15(19)17-9-10-20-14(18)8-2/h12-13H,7-11H2,1-6H3,(H,17,19). The van der Waals surface area contributed by atoms with Crippen molar-refractivity contribution in [3.63, 3.8) is 0 Å². The zero-order chi connectivity index (χ0) is 15.8. The fourth-order valence-corrected chi connectivity index (χ4v) is 2.45. The Morgan fingerprint density at radius 1 is 1.20 bits per heavy atom. The van der Waals surface area contributed by atoms with E-state index in [-0.39, 0.29) is 23.9 Å². The summed E-state index contributed by atoms with van der Waals surface area (Å²) < 4.78 is 4.97. The Balaban J connectivity index is 4.46. The molecule has 4 nitrogen and oxygen atoms in total. The van der Waals surface area contributed by atoms with Crippen LogP contribution in [0.1, 0.15) is 60.8 Å². The highest BCUT2D eigenvalue weighted by atomic mass is 16.5. The van der Waals surface area contributed by atoms with E-state index in [2.05, 4.69) is 33.0 Å². The van der Waals surface area contributed by atoms with Crippen molar-refractivity contribution in [3.8, 4) is 0 Å². The van der Waals surface area contributed by atoms with E-state index in [0.717, 1.165) is 12.8 Å². The van der Waals surface area contributed by atoms with E-state index in [1.807, 2.05) is 6.92 Å². The van der Waals surface area contributed by atoms with E-state index in [4.69, 9.17) is 4.74 Å². The Bertz CT molecular complexity index is 315. The third kappa shape index (κ3) is 5.93. The molecule has 0 heterocycles. The lowest BCUT2D eigenvalue weighted by molar-refractivity contribution is -0.144. The Morgan fingerprint density at radius 3 is 2.25 bits per heavy atom. The van der Waals surface area contributed by atoms with Crippen LogP contribution in [0, 0.1) is 17.3 Å². The first kappa shape index (κ1) is 18.9. The SMILES string of the molecule is CCC(=O)OCCNC(=O)C(C)(CC(C)C)C(C)CC. The summed E-state index contributed by atoms with van der Waals surface area (Å²) in [5.41, 5.74) is -0.363. The third-order valence-electron chi connectivity index (χ3n) is 3.99. The van der Waals surface area contributed by atoms with Gasteiger partial charge in [-0.15, -0.1) is 0 Å². The average molecular weight is 285 g/mol. The molecule has 0 rings (SSSR count). The maximum atomic E-state index is 12.5. The molecule has 0 aliphatic rings. The van der Waals surface area contributed by atoms with Gasteiger partial charge in [-0.25, -0.2) is 0 Å². The number of carbonyl (C=O) groups is 2. The van der Waals surface area contributed by atoms with Gasteiger partial charge >= 0.3 is 5.97 Å². The van der Waals surface area contributed by atoms with E-state index in [1.165, 1.54) is 0 Å². The first-order valence-electron chi connectivity index (χ1n) is 7.71. The molecule has 1 N–H and O–H groups in total. The van der Waals surface area contributed by atoms with Crippen LogP contribution in [0.2, 0.25) is 0 Å². The van der Waals surface area contributed by atoms with Crippen molar-refractivity contribution in [1.82, 2.24) is 5.32 Å². The van der Waals surface area contributed by atoms with Gasteiger partial charge in [-0.1, -0.05) is 48.0 Å². The largest absolute Gasteiger partial charge is 0.464 e. The first-order valence-corrected chi connectivity index (χ1v) is 7.71. The van der Waals surface area contributed by atoms with Crippen LogP contribution < -0.4 is 5.32 Å². The van der Waals surface area contributed by atoms with Crippen LogP contribution in [0.25, 0.3) is 0 Å². The molecule has 0 aromatic rings. The number of hydrogen-bond donors (Lipinski definition) is 1. The minimum atomic E-state index is -0.363. The number of rotatable bonds is 9. The van der Waals surface area contributed by atoms with Crippen LogP contribution in [-0.2, 0) is 14.3 Å². The first-order chi connectivity index (χ1) is 9.27. The maximum absolute atomic E-state index is 12.5. The minimum Gasteiger partial charge on any atom is -0.464 e. The fraction of sp³-hybridized carbons (Fsp3) is 0.875. The molecule has 0 fully saturated rings. The Morgan fingerprint density at radius 2 is 1.80 bits per heavy atom. The summed E-state index contributed by atoms with van der Waals surface area (Å²) in [6, 6.07) is 0. The highest BCUT2D eigenvalue weighted by Crippen LogP contribution is 2.36. The number of hydrogen-bond acceptors (Lipinski definition) is 3. The zero-order valence-corrected chi connectivity index (χ0v) is 13.9. The van der Waals surface area contributed by atoms with Gasteiger partial charge in [-0.3, -0.25) is 9.59 Å². The maximum Gasteiger partial charge on any atom is 0.305 e. The van der Waals surface area contributed by atoms with Gasteiger partial charge in [-0.05, 0) is 18.3 Å². The van der Waals surface area contributed by atoms with Crippen molar-refractivity contribution in [2.45, 2.75) is 60.8 Å². The molecule has 0 aromatic carbocycles. The number of nitrogens with one attached hydrogen (secondary N) is 1. The van der Waals surface area contributed by atoms with E-state index >= 15 is 0 Å². The van der Waals surface area contributed by atoms with Crippen LogP contribution >= 0.6 is 0 Å². The number of esters is 1. The summed E-state index contributed by atoms with van der Waals surface area (Å²) in [6.45, 7) is 12.9. The van der Waals surface area contributed by atoms with Gasteiger partial charge in [0.25, 0.3) is 0 Å². The average Bonchev–Trinajstić information content (AvgIpc) is 2.40. The lowest BCUT2D eigenvalue weighted by atomic mass is 9.70. The van der Waals surface area contributed by atoms with Gasteiger partial charge in [0, 0.05) is 11.8 Å². The predicted octanol–water partition coefficient (Wildman–Crippen LogP) is 3.15. The molecule has 20 heavy (non-hydrogen) atoms. The van der Waals surface area contributed by atoms with Gasteiger partial charge in [-0.2, -0.15) is 0 Å². The van der Waals surface area contributed by atoms with E-state index in [0.29, 0.717) is 24.8 Å². The predicted molar refractivity (Wildman–Crippen MR) is 81.3 cm³/mol. The molecule has 0 aliphatic carbocycles. The van der Waals surface area contributed by atoms with Crippen molar-refractivity contribution in [2.75, 3.05) is 13.2 Å². The molecule has 1 amide bonds. The van der Waals surface area contributed by atoms with Crippen molar-refractivity contribution in [2.24, 2.45) is 17.3 Å².